The van der Waals surface area contributed by atoms with Crippen LogP contribution < -0.4 is 10.1 Å². The topological polar surface area (TPSA) is 82.3 Å². The smallest absolute Gasteiger partial charge is 0.251 e. The lowest BCUT2D eigenvalue weighted by atomic mass is 10.2. The quantitative estimate of drug-likeness (QED) is 0.802. The van der Waals surface area contributed by atoms with Gasteiger partial charge in [-0.05, 0) is 48.9 Å². The summed E-state index contributed by atoms with van der Waals surface area (Å²) >= 11 is 0. The van der Waals surface area contributed by atoms with E-state index < -0.39 is 0 Å². The molecular formula is C17H16N2O3. The molecule has 0 heterocycles. The van der Waals surface area contributed by atoms with Crippen molar-refractivity contribution < 1.29 is 14.6 Å². The molecule has 5 heteroatoms. The number of hydrogen-bond acceptors (Lipinski definition) is 4. The van der Waals surface area contributed by atoms with Crippen LogP contribution in [0.5, 0.6) is 11.5 Å². The van der Waals surface area contributed by atoms with Crippen molar-refractivity contribution in [3.8, 4) is 17.6 Å². The molecule has 0 aromatic heterocycles. The van der Waals surface area contributed by atoms with E-state index in [2.05, 4.69) is 5.32 Å². The lowest BCUT2D eigenvalue weighted by Gasteiger charge is -2.08. The van der Waals surface area contributed by atoms with Crippen molar-refractivity contribution in [1.82, 2.24) is 5.32 Å². The SMILES string of the molecule is N#Cc1ccc(Oc2cccc(C(=O)NCCCO)c2)cc1. The van der Waals surface area contributed by atoms with Gasteiger partial charge in [-0.25, -0.2) is 0 Å². The van der Waals surface area contributed by atoms with E-state index >= 15 is 0 Å². The average molecular weight is 296 g/mol. The third-order valence-corrected chi connectivity index (χ3v) is 2.94. The molecule has 22 heavy (non-hydrogen) atoms. The summed E-state index contributed by atoms with van der Waals surface area (Å²) in [6.45, 7) is 0.470. The van der Waals surface area contributed by atoms with Crippen molar-refractivity contribution in [1.29, 1.82) is 5.26 Å². The fourth-order valence-electron chi connectivity index (χ4n) is 1.82. The fourth-order valence-corrected chi connectivity index (χ4v) is 1.82. The third kappa shape index (κ3) is 4.33. The molecule has 112 valence electrons. The predicted octanol–water partition coefficient (Wildman–Crippen LogP) is 2.46. The normalized spacial score (nSPS) is 9.82. The Labute approximate surface area is 128 Å². The lowest BCUT2D eigenvalue weighted by Crippen LogP contribution is -2.24. The van der Waals surface area contributed by atoms with Crippen LogP contribution in [0.2, 0.25) is 0 Å². The largest absolute Gasteiger partial charge is 0.457 e. The summed E-state index contributed by atoms with van der Waals surface area (Å²) in [4.78, 5) is 11.9. The Kier molecular flexibility index (Phi) is 5.52. The molecule has 2 rings (SSSR count). The number of nitrogens with zero attached hydrogens (tertiary/aromatic N) is 1. The number of ether oxygens (including phenoxy) is 1. The van der Waals surface area contributed by atoms with Gasteiger partial charge in [-0.2, -0.15) is 5.26 Å². The summed E-state index contributed by atoms with van der Waals surface area (Å²) in [5, 5.41) is 20.2. The molecule has 2 aromatic carbocycles. The summed E-state index contributed by atoms with van der Waals surface area (Å²) in [6, 6.07) is 15.6. The summed E-state index contributed by atoms with van der Waals surface area (Å²) in [6.07, 6.45) is 0.521. The van der Waals surface area contributed by atoms with E-state index in [-0.39, 0.29) is 12.5 Å². The van der Waals surface area contributed by atoms with Crippen molar-refractivity contribution in [2.45, 2.75) is 6.42 Å². The van der Waals surface area contributed by atoms with Crippen LogP contribution >= 0.6 is 0 Å². The second-order valence-electron chi connectivity index (χ2n) is 4.60. The molecule has 0 radical (unpaired) electrons. The van der Waals surface area contributed by atoms with Gasteiger partial charge in [0.05, 0.1) is 11.6 Å². The average Bonchev–Trinajstić information content (AvgIpc) is 2.56. The monoisotopic (exact) mass is 296 g/mol. The van der Waals surface area contributed by atoms with Gasteiger partial charge in [0.2, 0.25) is 0 Å². The molecule has 2 aromatic rings. The number of carbonyl (C=O) groups excluding carboxylic acids is 1. The number of hydrogen-bond donors (Lipinski definition) is 2. The number of carbonyl (C=O) groups is 1. The van der Waals surface area contributed by atoms with Crippen LogP contribution in [0, 0.1) is 11.3 Å². The minimum Gasteiger partial charge on any atom is -0.457 e. The van der Waals surface area contributed by atoms with E-state index in [0.717, 1.165) is 0 Å². The Balaban J connectivity index is 2.04. The zero-order valence-corrected chi connectivity index (χ0v) is 12.0. The molecule has 0 atom stereocenters. The van der Waals surface area contributed by atoms with Gasteiger partial charge < -0.3 is 15.2 Å². The molecule has 0 saturated carbocycles. The van der Waals surface area contributed by atoms with Crippen LogP contribution in [-0.4, -0.2) is 24.2 Å². The molecular weight excluding hydrogens is 280 g/mol. The van der Waals surface area contributed by atoms with Gasteiger partial charge in [-0.1, -0.05) is 6.07 Å². The van der Waals surface area contributed by atoms with Gasteiger partial charge in [-0.3, -0.25) is 4.79 Å². The maximum Gasteiger partial charge on any atom is 0.251 e. The number of nitrogens with one attached hydrogen (secondary N) is 1. The van der Waals surface area contributed by atoms with E-state index in [1.165, 1.54) is 0 Å². The first kappa shape index (κ1) is 15.5. The molecule has 0 aliphatic heterocycles. The number of benzene rings is 2. The Morgan fingerprint density at radius 1 is 1.18 bits per heavy atom. The molecule has 0 aliphatic rings. The minimum atomic E-state index is -0.210. The van der Waals surface area contributed by atoms with Crippen molar-refractivity contribution in [3.05, 3.63) is 59.7 Å². The number of rotatable bonds is 6. The second-order valence-corrected chi connectivity index (χ2v) is 4.60. The molecule has 5 nitrogen and oxygen atoms in total. The highest BCUT2D eigenvalue weighted by Crippen LogP contribution is 2.22. The summed E-state index contributed by atoms with van der Waals surface area (Å²) < 4.78 is 5.66. The molecule has 1 amide bonds. The van der Waals surface area contributed by atoms with Crippen LogP contribution in [0.15, 0.2) is 48.5 Å². The molecule has 0 spiro atoms. The van der Waals surface area contributed by atoms with Gasteiger partial charge >= 0.3 is 0 Å². The summed E-state index contributed by atoms with van der Waals surface area (Å²) in [5.41, 5.74) is 1.05. The first-order chi connectivity index (χ1) is 10.7. The highest BCUT2D eigenvalue weighted by molar-refractivity contribution is 5.94. The molecule has 0 unspecified atom stereocenters. The summed E-state index contributed by atoms with van der Waals surface area (Å²) in [7, 11) is 0. The highest BCUT2D eigenvalue weighted by atomic mass is 16.5. The highest BCUT2D eigenvalue weighted by Gasteiger charge is 2.06. The van der Waals surface area contributed by atoms with E-state index in [1.54, 1.807) is 48.5 Å². The maximum absolute atomic E-state index is 11.9. The second kappa shape index (κ2) is 7.81. The molecule has 0 saturated heterocycles. The number of nitriles is 1. The van der Waals surface area contributed by atoms with E-state index in [0.29, 0.717) is 35.6 Å². The first-order valence-corrected chi connectivity index (χ1v) is 6.90. The van der Waals surface area contributed by atoms with Gasteiger partial charge in [-0.15, -0.1) is 0 Å². The van der Waals surface area contributed by atoms with Crippen LogP contribution in [-0.2, 0) is 0 Å². The van der Waals surface area contributed by atoms with Crippen molar-refractivity contribution >= 4 is 5.91 Å². The van der Waals surface area contributed by atoms with Crippen LogP contribution in [0.3, 0.4) is 0 Å². The van der Waals surface area contributed by atoms with Gasteiger partial charge in [0.1, 0.15) is 11.5 Å². The van der Waals surface area contributed by atoms with Crippen LogP contribution in [0.1, 0.15) is 22.3 Å². The Morgan fingerprint density at radius 3 is 2.64 bits per heavy atom. The maximum atomic E-state index is 11.9. The lowest BCUT2D eigenvalue weighted by molar-refractivity contribution is 0.0951. The zero-order chi connectivity index (χ0) is 15.8. The fraction of sp³-hybridized carbons (Fsp3) is 0.176. The first-order valence-electron chi connectivity index (χ1n) is 6.90. The van der Waals surface area contributed by atoms with Gasteiger partial charge in [0.25, 0.3) is 5.91 Å². The molecule has 0 bridgehead atoms. The predicted molar refractivity (Wildman–Crippen MR) is 81.7 cm³/mol. The number of aliphatic hydroxyl groups is 1. The van der Waals surface area contributed by atoms with Crippen molar-refractivity contribution in [3.63, 3.8) is 0 Å². The van der Waals surface area contributed by atoms with Crippen molar-refractivity contribution in [2.75, 3.05) is 13.2 Å². The molecule has 2 N–H and O–H groups in total. The van der Waals surface area contributed by atoms with Gasteiger partial charge in [0.15, 0.2) is 0 Å². The van der Waals surface area contributed by atoms with Gasteiger partial charge in [0, 0.05) is 18.7 Å². The van der Waals surface area contributed by atoms with E-state index in [9.17, 15) is 4.79 Å². The van der Waals surface area contributed by atoms with Crippen molar-refractivity contribution in [2.24, 2.45) is 0 Å². The Bertz CT molecular complexity index is 675. The summed E-state index contributed by atoms with van der Waals surface area (Å²) in [5.74, 6) is 0.926. The Hall–Kier alpha value is -2.84. The van der Waals surface area contributed by atoms with E-state index in [1.807, 2.05) is 6.07 Å². The van der Waals surface area contributed by atoms with Crippen LogP contribution in [0.4, 0.5) is 0 Å². The van der Waals surface area contributed by atoms with Crippen LogP contribution in [0.25, 0.3) is 0 Å². The molecule has 0 fully saturated rings. The third-order valence-electron chi connectivity index (χ3n) is 2.94. The number of amides is 1. The molecule has 0 aliphatic carbocycles. The minimum absolute atomic E-state index is 0.0438. The zero-order valence-electron chi connectivity index (χ0n) is 12.0. The number of aliphatic hydroxyl groups excluding tert-OH is 1. The van der Waals surface area contributed by atoms with E-state index in [4.69, 9.17) is 15.1 Å². The Morgan fingerprint density at radius 2 is 1.95 bits per heavy atom. The standard InChI is InChI=1S/C17H16N2O3/c18-12-13-5-7-15(8-6-13)22-16-4-1-3-14(11-16)17(21)19-9-2-10-20/h1,3-8,11,20H,2,9-10H2,(H,19,21).